The summed E-state index contributed by atoms with van der Waals surface area (Å²) in [7, 11) is 0. The molecule has 0 amide bonds. The van der Waals surface area contributed by atoms with Crippen molar-refractivity contribution in [1.29, 1.82) is 0 Å². The van der Waals surface area contributed by atoms with E-state index in [1.807, 2.05) is 19.9 Å². The number of nitrogens with zero attached hydrogens (tertiary/aromatic N) is 2. The fourth-order valence-electron chi connectivity index (χ4n) is 1.66. The second-order valence-corrected chi connectivity index (χ2v) is 3.58. The van der Waals surface area contributed by atoms with E-state index in [9.17, 15) is 0 Å². The van der Waals surface area contributed by atoms with E-state index >= 15 is 0 Å². The Morgan fingerprint density at radius 1 is 1.44 bits per heavy atom. The van der Waals surface area contributed by atoms with Crippen molar-refractivity contribution in [3.05, 3.63) is 18.1 Å². The molecule has 2 N–H and O–H groups in total. The van der Waals surface area contributed by atoms with Gasteiger partial charge in [0.25, 0.3) is 0 Å². The lowest BCUT2D eigenvalue weighted by molar-refractivity contribution is 0.785. The predicted molar refractivity (Wildman–Crippen MR) is 67.7 cm³/mol. The SMILES string of the molecule is CC.CCc1cc(NC2CCNC2)ncn1. The van der Waals surface area contributed by atoms with Crippen LogP contribution >= 0.6 is 0 Å². The van der Waals surface area contributed by atoms with Gasteiger partial charge in [0, 0.05) is 24.3 Å². The van der Waals surface area contributed by atoms with Crippen molar-refractivity contribution in [2.45, 2.75) is 39.7 Å². The first-order chi connectivity index (χ1) is 7.88. The fraction of sp³-hybridized carbons (Fsp3) is 0.667. The van der Waals surface area contributed by atoms with Crippen LogP contribution in [0.15, 0.2) is 12.4 Å². The molecule has 90 valence electrons. The third-order valence-electron chi connectivity index (χ3n) is 2.50. The summed E-state index contributed by atoms with van der Waals surface area (Å²) in [6, 6.07) is 2.55. The highest BCUT2D eigenvalue weighted by Gasteiger charge is 2.14. The van der Waals surface area contributed by atoms with Crippen molar-refractivity contribution in [3.8, 4) is 0 Å². The Kier molecular flexibility index (Phi) is 5.78. The lowest BCUT2D eigenvalue weighted by Crippen LogP contribution is -2.22. The van der Waals surface area contributed by atoms with Gasteiger partial charge in [-0.25, -0.2) is 9.97 Å². The molecule has 0 bridgehead atoms. The van der Waals surface area contributed by atoms with E-state index in [4.69, 9.17) is 0 Å². The normalized spacial score (nSPS) is 18.8. The monoisotopic (exact) mass is 222 g/mol. The van der Waals surface area contributed by atoms with Crippen LogP contribution in [0.1, 0.15) is 32.9 Å². The molecule has 1 aromatic heterocycles. The molecule has 0 aromatic carbocycles. The topological polar surface area (TPSA) is 49.8 Å². The Labute approximate surface area is 97.9 Å². The molecule has 0 radical (unpaired) electrons. The second-order valence-electron chi connectivity index (χ2n) is 3.58. The van der Waals surface area contributed by atoms with E-state index in [2.05, 4.69) is 27.5 Å². The summed E-state index contributed by atoms with van der Waals surface area (Å²) in [6.07, 6.45) is 3.76. The van der Waals surface area contributed by atoms with Crippen molar-refractivity contribution in [2.75, 3.05) is 18.4 Å². The van der Waals surface area contributed by atoms with E-state index in [0.717, 1.165) is 31.0 Å². The predicted octanol–water partition coefficient (Wildman–Crippen LogP) is 1.84. The van der Waals surface area contributed by atoms with Gasteiger partial charge in [0.05, 0.1) is 0 Å². The van der Waals surface area contributed by atoms with E-state index in [0.29, 0.717) is 6.04 Å². The minimum atomic E-state index is 0.523. The van der Waals surface area contributed by atoms with Crippen LogP contribution in [-0.4, -0.2) is 29.1 Å². The molecule has 1 fully saturated rings. The number of hydrogen-bond donors (Lipinski definition) is 2. The number of rotatable bonds is 3. The summed E-state index contributed by atoms with van der Waals surface area (Å²) >= 11 is 0. The summed E-state index contributed by atoms with van der Waals surface area (Å²) in [5.74, 6) is 0.950. The quantitative estimate of drug-likeness (QED) is 0.819. The Bertz CT molecular complexity index is 295. The number of hydrogen-bond acceptors (Lipinski definition) is 4. The standard InChI is InChI=1S/C10H16N4.C2H6/c1-2-8-5-10(13-7-12-8)14-9-3-4-11-6-9;1-2/h5,7,9,11H,2-4,6H2,1H3,(H,12,13,14);1-2H3. The van der Waals surface area contributed by atoms with Crippen LogP contribution in [0.3, 0.4) is 0 Å². The van der Waals surface area contributed by atoms with Crippen LogP contribution in [0.2, 0.25) is 0 Å². The number of nitrogens with one attached hydrogen (secondary N) is 2. The van der Waals surface area contributed by atoms with Crippen LogP contribution in [0.4, 0.5) is 5.82 Å². The third-order valence-corrected chi connectivity index (χ3v) is 2.50. The molecule has 2 rings (SSSR count). The van der Waals surface area contributed by atoms with Gasteiger partial charge in [0.2, 0.25) is 0 Å². The zero-order valence-corrected chi connectivity index (χ0v) is 10.5. The average molecular weight is 222 g/mol. The average Bonchev–Trinajstić information content (AvgIpc) is 2.85. The molecule has 16 heavy (non-hydrogen) atoms. The fourth-order valence-corrected chi connectivity index (χ4v) is 1.66. The summed E-state index contributed by atoms with van der Waals surface area (Å²) in [4.78, 5) is 8.37. The van der Waals surface area contributed by atoms with Gasteiger partial charge in [-0.1, -0.05) is 20.8 Å². The van der Waals surface area contributed by atoms with E-state index in [1.54, 1.807) is 6.33 Å². The summed E-state index contributed by atoms with van der Waals surface area (Å²) in [6.45, 7) is 8.23. The van der Waals surface area contributed by atoms with Crippen molar-refractivity contribution in [2.24, 2.45) is 0 Å². The van der Waals surface area contributed by atoms with Crippen molar-refractivity contribution >= 4 is 5.82 Å². The molecule has 0 saturated carbocycles. The Balaban J connectivity index is 0.000000606. The van der Waals surface area contributed by atoms with E-state index in [1.165, 1.54) is 6.42 Å². The highest BCUT2D eigenvalue weighted by atomic mass is 15.1. The first-order valence-electron chi connectivity index (χ1n) is 6.16. The molecule has 1 aliphatic heterocycles. The zero-order chi connectivity index (χ0) is 11.8. The van der Waals surface area contributed by atoms with Gasteiger partial charge < -0.3 is 10.6 Å². The molecular formula is C12H22N4. The summed E-state index contributed by atoms with van der Waals surface area (Å²) in [5, 5.41) is 6.72. The van der Waals surface area contributed by atoms with Crippen LogP contribution in [-0.2, 0) is 6.42 Å². The summed E-state index contributed by atoms with van der Waals surface area (Å²) in [5.41, 5.74) is 1.09. The maximum atomic E-state index is 4.20. The Morgan fingerprint density at radius 2 is 2.25 bits per heavy atom. The first kappa shape index (κ1) is 12.9. The van der Waals surface area contributed by atoms with Crippen LogP contribution in [0.5, 0.6) is 0 Å². The maximum absolute atomic E-state index is 4.20. The van der Waals surface area contributed by atoms with Gasteiger partial charge in [-0.05, 0) is 19.4 Å². The Morgan fingerprint density at radius 3 is 2.88 bits per heavy atom. The van der Waals surface area contributed by atoms with Gasteiger partial charge in [-0.15, -0.1) is 0 Å². The van der Waals surface area contributed by atoms with Gasteiger partial charge in [0.1, 0.15) is 12.1 Å². The van der Waals surface area contributed by atoms with E-state index in [-0.39, 0.29) is 0 Å². The van der Waals surface area contributed by atoms with Gasteiger partial charge in [-0.3, -0.25) is 0 Å². The van der Waals surface area contributed by atoms with Crippen LogP contribution in [0.25, 0.3) is 0 Å². The Hall–Kier alpha value is -1.16. The highest BCUT2D eigenvalue weighted by molar-refractivity contribution is 5.36. The number of aryl methyl sites for hydroxylation is 1. The molecule has 0 spiro atoms. The lowest BCUT2D eigenvalue weighted by Gasteiger charge is -2.11. The largest absolute Gasteiger partial charge is 0.366 e. The third kappa shape index (κ3) is 3.77. The van der Waals surface area contributed by atoms with Crippen LogP contribution < -0.4 is 10.6 Å². The van der Waals surface area contributed by atoms with Crippen molar-refractivity contribution in [3.63, 3.8) is 0 Å². The van der Waals surface area contributed by atoms with Gasteiger partial charge in [0.15, 0.2) is 0 Å². The minimum Gasteiger partial charge on any atom is -0.366 e. The lowest BCUT2D eigenvalue weighted by atomic mass is 10.2. The van der Waals surface area contributed by atoms with Gasteiger partial charge >= 0.3 is 0 Å². The van der Waals surface area contributed by atoms with Crippen molar-refractivity contribution < 1.29 is 0 Å². The molecule has 1 aromatic rings. The van der Waals surface area contributed by atoms with Crippen molar-refractivity contribution in [1.82, 2.24) is 15.3 Å². The van der Waals surface area contributed by atoms with Crippen LogP contribution in [0, 0.1) is 0 Å². The van der Waals surface area contributed by atoms with Gasteiger partial charge in [-0.2, -0.15) is 0 Å². The molecule has 4 heteroatoms. The molecule has 1 saturated heterocycles. The smallest absolute Gasteiger partial charge is 0.129 e. The zero-order valence-electron chi connectivity index (χ0n) is 10.5. The maximum Gasteiger partial charge on any atom is 0.129 e. The molecule has 4 nitrogen and oxygen atoms in total. The molecule has 2 heterocycles. The molecular weight excluding hydrogens is 200 g/mol. The second kappa shape index (κ2) is 7.17. The first-order valence-corrected chi connectivity index (χ1v) is 6.16. The number of anilines is 1. The molecule has 1 atom stereocenters. The molecule has 1 unspecified atom stereocenters. The minimum absolute atomic E-state index is 0.523. The molecule has 0 aliphatic carbocycles. The van der Waals surface area contributed by atoms with E-state index < -0.39 is 0 Å². The summed E-state index contributed by atoms with van der Waals surface area (Å²) < 4.78 is 0. The number of aromatic nitrogens is 2. The highest BCUT2D eigenvalue weighted by Crippen LogP contribution is 2.09. The molecule has 1 aliphatic rings.